The van der Waals surface area contributed by atoms with Gasteiger partial charge in [0.15, 0.2) is 23.1 Å². The van der Waals surface area contributed by atoms with Crippen LogP contribution in [0.1, 0.15) is 0 Å². The number of fused-ring (bicyclic) bond motifs is 5. The highest BCUT2D eigenvalue weighted by atomic mass is 16.3. The van der Waals surface area contributed by atoms with Crippen LogP contribution >= 0.6 is 0 Å². The van der Waals surface area contributed by atoms with Gasteiger partial charge in [0.25, 0.3) is 0 Å². The quantitative estimate of drug-likeness (QED) is 0.185. The van der Waals surface area contributed by atoms with Crippen LogP contribution < -0.4 is 0 Å². The minimum absolute atomic E-state index is 0.589. The second kappa shape index (κ2) is 11.9. The molecule has 0 spiro atoms. The lowest BCUT2D eigenvalue weighted by atomic mass is 9.94. The van der Waals surface area contributed by atoms with Gasteiger partial charge in [-0.15, -0.1) is 0 Å². The van der Waals surface area contributed by atoms with Crippen molar-refractivity contribution in [3.63, 3.8) is 0 Å². The van der Waals surface area contributed by atoms with E-state index in [1.165, 1.54) is 16.2 Å². The predicted molar refractivity (Wildman–Crippen MR) is 207 cm³/mol. The topological polar surface area (TPSA) is 64.7 Å². The second-order valence-electron chi connectivity index (χ2n) is 12.7. The first-order chi connectivity index (χ1) is 25.2. The number of hydrogen-bond acceptors (Lipinski definition) is 5. The van der Waals surface area contributed by atoms with Gasteiger partial charge in [-0.1, -0.05) is 115 Å². The van der Waals surface area contributed by atoms with E-state index in [1.54, 1.807) is 0 Å². The van der Waals surface area contributed by atoms with Crippen molar-refractivity contribution in [1.82, 2.24) is 19.9 Å². The molecule has 0 fully saturated rings. The van der Waals surface area contributed by atoms with E-state index in [0.717, 1.165) is 66.4 Å². The van der Waals surface area contributed by atoms with Crippen LogP contribution in [0.4, 0.5) is 0 Å². The molecule has 0 radical (unpaired) electrons. The molecule has 0 amide bonds. The molecule has 10 rings (SSSR count). The Hall–Kier alpha value is -6.98. The lowest BCUT2D eigenvalue weighted by Gasteiger charge is -2.13. The molecule has 5 heteroatoms. The highest BCUT2D eigenvalue weighted by Gasteiger charge is 2.18. The molecule has 5 nitrogen and oxygen atoms in total. The highest BCUT2D eigenvalue weighted by molar-refractivity contribution is 6.07. The Kier molecular flexibility index (Phi) is 6.74. The molecule has 7 aromatic carbocycles. The fourth-order valence-corrected chi connectivity index (χ4v) is 6.96. The molecule has 0 saturated heterocycles. The maximum absolute atomic E-state index is 6.47. The van der Waals surface area contributed by atoms with Gasteiger partial charge in [0.2, 0.25) is 0 Å². The largest absolute Gasteiger partial charge is 0.454 e. The minimum Gasteiger partial charge on any atom is -0.454 e. The number of rotatable bonds is 5. The summed E-state index contributed by atoms with van der Waals surface area (Å²) in [5.74, 6) is 1.82. The molecule has 0 aliphatic heterocycles. The lowest BCUT2D eigenvalue weighted by molar-refractivity contribution is 0.669. The van der Waals surface area contributed by atoms with Gasteiger partial charge in [-0.3, -0.25) is 4.98 Å². The van der Waals surface area contributed by atoms with Crippen LogP contribution in [0.3, 0.4) is 0 Å². The second-order valence-corrected chi connectivity index (χ2v) is 12.7. The monoisotopic (exact) mass is 652 g/mol. The summed E-state index contributed by atoms with van der Waals surface area (Å²) in [4.78, 5) is 20.0. The summed E-state index contributed by atoms with van der Waals surface area (Å²) in [5.41, 5.74) is 9.20. The van der Waals surface area contributed by atoms with Crippen LogP contribution in [0.2, 0.25) is 0 Å². The number of hydrogen-bond donors (Lipinski definition) is 0. The van der Waals surface area contributed by atoms with Gasteiger partial charge in [-0.2, -0.15) is 0 Å². The van der Waals surface area contributed by atoms with E-state index < -0.39 is 0 Å². The Balaban J connectivity index is 1.23. The lowest BCUT2D eigenvalue weighted by Crippen LogP contribution is -2.00. The van der Waals surface area contributed by atoms with Crippen molar-refractivity contribution in [3.05, 3.63) is 170 Å². The maximum Gasteiger partial charge on any atom is 0.164 e. The van der Waals surface area contributed by atoms with E-state index in [-0.39, 0.29) is 0 Å². The van der Waals surface area contributed by atoms with Crippen molar-refractivity contribution < 1.29 is 4.42 Å². The van der Waals surface area contributed by atoms with Crippen molar-refractivity contribution in [2.75, 3.05) is 0 Å². The van der Waals surface area contributed by atoms with E-state index in [9.17, 15) is 0 Å². The Morgan fingerprint density at radius 2 is 0.941 bits per heavy atom. The van der Waals surface area contributed by atoms with Gasteiger partial charge < -0.3 is 4.42 Å². The summed E-state index contributed by atoms with van der Waals surface area (Å²) >= 11 is 0. The molecule has 3 heterocycles. The van der Waals surface area contributed by atoms with Gasteiger partial charge in [-0.25, -0.2) is 15.0 Å². The van der Waals surface area contributed by atoms with Crippen LogP contribution in [0.5, 0.6) is 0 Å². The first kappa shape index (κ1) is 29.0. The van der Waals surface area contributed by atoms with E-state index in [4.69, 9.17) is 24.4 Å². The summed E-state index contributed by atoms with van der Waals surface area (Å²) in [5, 5.41) is 5.66. The molecule has 0 aliphatic rings. The smallest absolute Gasteiger partial charge is 0.164 e. The Bertz CT molecular complexity index is 2930. The first-order valence-electron chi connectivity index (χ1n) is 17.0. The Morgan fingerprint density at radius 1 is 0.373 bits per heavy atom. The number of nitrogens with zero attached hydrogens (tertiary/aromatic N) is 4. The molecule has 238 valence electrons. The summed E-state index contributed by atoms with van der Waals surface area (Å²) in [6.45, 7) is 0. The number of benzene rings is 7. The third-order valence-electron chi connectivity index (χ3n) is 9.52. The molecule has 51 heavy (non-hydrogen) atoms. The first-order valence-corrected chi connectivity index (χ1v) is 17.0. The molecule has 10 aromatic rings. The fourth-order valence-electron chi connectivity index (χ4n) is 6.96. The van der Waals surface area contributed by atoms with Crippen LogP contribution in [-0.4, -0.2) is 19.9 Å². The number of pyridine rings is 1. The normalized spacial score (nSPS) is 11.5. The maximum atomic E-state index is 6.47. The number of aromatic nitrogens is 4. The van der Waals surface area contributed by atoms with Gasteiger partial charge in [-0.05, 0) is 86.8 Å². The molecular weight excluding hydrogens is 625 g/mol. The van der Waals surface area contributed by atoms with E-state index in [2.05, 4.69) is 109 Å². The van der Waals surface area contributed by atoms with Crippen molar-refractivity contribution in [2.24, 2.45) is 0 Å². The van der Waals surface area contributed by atoms with Gasteiger partial charge in [0.1, 0.15) is 11.1 Å². The Morgan fingerprint density at radius 3 is 1.71 bits per heavy atom. The highest BCUT2D eigenvalue weighted by Crippen LogP contribution is 2.39. The minimum atomic E-state index is 0.589. The summed E-state index contributed by atoms with van der Waals surface area (Å²) in [6.07, 6.45) is 1.86. The Labute approximate surface area is 293 Å². The summed E-state index contributed by atoms with van der Waals surface area (Å²) < 4.78 is 6.47. The molecule has 0 saturated carbocycles. The SMILES string of the molecule is c1ccc(-c2nc(-c3cc(-c4ccc5ccccc5c4)cc(-c4ccnc5c4oc4ccccc45)c3)nc(-c3ccc4ccccc4c3)n2)cc1. The van der Waals surface area contributed by atoms with Gasteiger partial charge in [0.05, 0.1) is 0 Å². The van der Waals surface area contributed by atoms with E-state index in [1.807, 2.05) is 60.8 Å². The molecule has 3 aromatic heterocycles. The van der Waals surface area contributed by atoms with Crippen LogP contribution in [0.25, 0.3) is 100 Å². The van der Waals surface area contributed by atoms with Crippen molar-refractivity contribution in [2.45, 2.75) is 0 Å². The zero-order chi connectivity index (χ0) is 33.7. The van der Waals surface area contributed by atoms with Crippen molar-refractivity contribution in [1.29, 1.82) is 0 Å². The average molecular weight is 653 g/mol. The zero-order valence-electron chi connectivity index (χ0n) is 27.4. The number of para-hydroxylation sites is 1. The van der Waals surface area contributed by atoms with Crippen molar-refractivity contribution >= 4 is 43.6 Å². The molecule has 0 unspecified atom stereocenters. The van der Waals surface area contributed by atoms with Gasteiger partial charge in [0, 0.05) is 33.8 Å². The average Bonchev–Trinajstić information content (AvgIpc) is 3.59. The summed E-state index contributed by atoms with van der Waals surface area (Å²) in [6, 6.07) is 56.5. The number of furan rings is 1. The zero-order valence-corrected chi connectivity index (χ0v) is 27.4. The van der Waals surface area contributed by atoms with Crippen LogP contribution in [0.15, 0.2) is 174 Å². The van der Waals surface area contributed by atoms with Crippen LogP contribution in [0, 0.1) is 0 Å². The third kappa shape index (κ3) is 5.20. The molecule has 0 bridgehead atoms. The standard InChI is InChI=1S/C46H28N4O/c1-2-12-31(13-3-1)44-48-45(35-21-19-30-11-5-7-15-33(30)25-35)50-46(49-44)38-27-36(34-20-18-29-10-4-6-14-32(29)24-34)26-37(28-38)39-22-23-47-42-40-16-8-9-17-41(40)51-43(39)42/h1-28H. The van der Waals surface area contributed by atoms with E-state index >= 15 is 0 Å². The molecule has 0 atom stereocenters. The summed E-state index contributed by atoms with van der Waals surface area (Å²) in [7, 11) is 0. The van der Waals surface area contributed by atoms with Crippen molar-refractivity contribution in [3.8, 4) is 56.4 Å². The predicted octanol–water partition coefficient (Wildman–Crippen LogP) is 11.8. The van der Waals surface area contributed by atoms with E-state index in [0.29, 0.717) is 17.5 Å². The molecule has 0 aliphatic carbocycles. The van der Waals surface area contributed by atoms with Crippen LogP contribution in [-0.2, 0) is 0 Å². The molecular formula is C46H28N4O. The fraction of sp³-hybridized carbons (Fsp3) is 0. The van der Waals surface area contributed by atoms with Gasteiger partial charge >= 0.3 is 0 Å². The molecule has 0 N–H and O–H groups in total. The third-order valence-corrected chi connectivity index (χ3v) is 9.52.